The second-order valence-electron chi connectivity index (χ2n) is 8.96. The van der Waals surface area contributed by atoms with Gasteiger partial charge in [0, 0.05) is 19.1 Å². The molecule has 3 aliphatic rings. The largest absolute Gasteiger partial charge is 0.479 e. The Morgan fingerprint density at radius 3 is 2.27 bits per heavy atom. The molecule has 2 atom stereocenters. The number of aliphatic carboxylic acids is 1. The third kappa shape index (κ3) is 4.06. The van der Waals surface area contributed by atoms with Crippen LogP contribution in [0.5, 0.6) is 0 Å². The summed E-state index contributed by atoms with van der Waals surface area (Å²) in [5, 5.41) is 14.7. The lowest BCUT2D eigenvalue weighted by Gasteiger charge is -2.21. The summed E-state index contributed by atoms with van der Waals surface area (Å²) in [4.78, 5) is 36.5. The monoisotopic (exact) mass is 450 g/mol. The minimum atomic E-state index is -1.08. The Morgan fingerprint density at radius 1 is 1.03 bits per heavy atom. The summed E-state index contributed by atoms with van der Waals surface area (Å²) < 4.78 is 10.7. The number of fused-ring (bicyclic) bond motifs is 3. The second kappa shape index (κ2) is 8.51. The zero-order valence-corrected chi connectivity index (χ0v) is 18.1. The molecule has 8 nitrogen and oxygen atoms in total. The van der Waals surface area contributed by atoms with E-state index >= 15 is 0 Å². The van der Waals surface area contributed by atoms with E-state index in [1.54, 1.807) is 0 Å². The Hall–Kier alpha value is -3.39. The number of carboxylic acid groups (broad SMARTS) is 1. The zero-order valence-electron chi connectivity index (χ0n) is 18.1. The van der Waals surface area contributed by atoms with Crippen LogP contribution in [0.1, 0.15) is 36.3 Å². The van der Waals surface area contributed by atoms with Gasteiger partial charge in [-0.15, -0.1) is 0 Å². The quantitative estimate of drug-likeness (QED) is 0.598. The number of benzene rings is 2. The molecule has 0 unspecified atom stereocenters. The highest BCUT2D eigenvalue weighted by atomic mass is 16.5. The molecule has 2 fully saturated rings. The first-order valence-electron chi connectivity index (χ1n) is 11.2. The second-order valence-corrected chi connectivity index (χ2v) is 8.96. The molecule has 2 aliphatic carbocycles. The average molecular weight is 450 g/mol. The van der Waals surface area contributed by atoms with Crippen molar-refractivity contribution in [1.82, 2.24) is 10.6 Å². The summed E-state index contributed by atoms with van der Waals surface area (Å²) in [6.07, 6.45) is 0.128. The molecule has 0 aromatic heterocycles. The summed E-state index contributed by atoms with van der Waals surface area (Å²) in [6, 6.07) is 15.7. The maximum atomic E-state index is 12.8. The van der Waals surface area contributed by atoms with Gasteiger partial charge in [0.2, 0.25) is 5.91 Å². The van der Waals surface area contributed by atoms with Crippen LogP contribution in [0.4, 0.5) is 4.79 Å². The Bertz CT molecular complexity index is 1050. The molecule has 33 heavy (non-hydrogen) atoms. The van der Waals surface area contributed by atoms with Crippen molar-refractivity contribution < 1.29 is 29.0 Å². The number of hydrogen-bond donors (Lipinski definition) is 3. The fourth-order valence-corrected chi connectivity index (χ4v) is 4.83. The number of amides is 2. The fourth-order valence-electron chi connectivity index (χ4n) is 4.83. The van der Waals surface area contributed by atoms with E-state index in [4.69, 9.17) is 9.47 Å². The van der Waals surface area contributed by atoms with Crippen molar-refractivity contribution in [2.75, 3.05) is 19.8 Å². The van der Waals surface area contributed by atoms with Gasteiger partial charge < -0.3 is 25.2 Å². The first kappa shape index (κ1) is 21.5. The van der Waals surface area contributed by atoms with Gasteiger partial charge in [-0.3, -0.25) is 4.79 Å². The highest BCUT2D eigenvalue weighted by Gasteiger charge is 2.51. The summed E-state index contributed by atoms with van der Waals surface area (Å²) in [5.41, 5.74) is 3.88. The molecule has 1 saturated carbocycles. The Morgan fingerprint density at radius 2 is 1.67 bits per heavy atom. The maximum absolute atomic E-state index is 12.8. The van der Waals surface area contributed by atoms with Gasteiger partial charge in [0.15, 0.2) is 6.10 Å². The van der Waals surface area contributed by atoms with Crippen LogP contribution < -0.4 is 10.6 Å². The molecule has 0 radical (unpaired) electrons. The smallest absolute Gasteiger partial charge is 0.407 e. The normalized spacial score (nSPS) is 22.2. The lowest BCUT2D eigenvalue weighted by molar-refractivity contribution is -0.148. The van der Waals surface area contributed by atoms with Gasteiger partial charge in [0.1, 0.15) is 6.61 Å². The number of carboxylic acids is 1. The molecule has 2 aromatic rings. The van der Waals surface area contributed by atoms with Gasteiger partial charge in [0.25, 0.3) is 0 Å². The van der Waals surface area contributed by atoms with E-state index in [1.807, 2.05) is 24.3 Å². The van der Waals surface area contributed by atoms with Gasteiger partial charge in [-0.05, 0) is 41.5 Å². The first-order valence-corrected chi connectivity index (χ1v) is 11.2. The number of carbonyl (C=O) groups excluding carboxylic acids is 2. The minimum Gasteiger partial charge on any atom is -0.479 e. The van der Waals surface area contributed by atoms with E-state index in [9.17, 15) is 19.5 Å². The maximum Gasteiger partial charge on any atom is 0.407 e. The number of rotatable bonds is 7. The number of carbonyl (C=O) groups is 3. The van der Waals surface area contributed by atoms with Crippen LogP contribution in [0.15, 0.2) is 48.5 Å². The molecule has 8 heteroatoms. The predicted octanol–water partition coefficient (Wildman–Crippen LogP) is 2.66. The molecule has 1 aliphatic heterocycles. The van der Waals surface area contributed by atoms with Crippen molar-refractivity contribution in [2.24, 2.45) is 5.41 Å². The van der Waals surface area contributed by atoms with Gasteiger partial charge in [0.05, 0.1) is 11.5 Å². The summed E-state index contributed by atoms with van der Waals surface area (Å²) >= 11 is 0. The van der Waals surface area contributed by atoms with Crippen LogP contribution in [-0.4, -0.2) is 55.0 Å². The van der Waals surface area contributed by atoms with Crippen LogP contribution in [-0.2, 0) is 19.1 Å². The molecule has 0 spiro atoms. The predicted molar refractivity (Wildman–Crippen MR) is 119 cm³/mol. The molecule has 172 valence electrons. The highest BCUT2D eigenvalue weighted by Crippen LogP contribution is 2.46. The molecule has 0 bridgehead atoms. The number of alkyl carbamates (subject to hydrolysis) is 1. The van der Waals surface area contributed by atoms with Gasteiger partial charge in [-0.25, -0.2) is 9.59 Å². The average Bonchev–Trinajstić information content (AvgIpc) is 3.36. The van der Waals surface area contributed by atoms with Crippen molar-refractivity contribution in [1.29, 1.82) is 0 Å². The van der Waals surface area contributed by atoms with Crippen molar-refractivity contribution in [3.8, 4) is 11.1 Å². The SMILES string of the molecule is O=C(NCC1(C(=O)N[C@H]2CCO[C@H]2C(=O)O)CC1)OCC1c2ccccc2-c2ccccc21. The number of ether oxygens (including phenoxy) is 2. The topological polar surface area (TPSA) is 114 Å². The molecular weight excluding hydrogens is 424 g/mol. The molecule has 1 saturated heterocycles. The Balaban J connectivity index is 1.16. The lowest BCUT2D eigenvalue weighted by Crippen LogP contribution is -2.49. The van der Waals surface area contributed by atoms with E-state index in [0.717, 1.165) is 22.3 Å². The third-order valence-corrected chi connectivity index (χ3v) is 6.90. The third-order valence-electron chi connectivity index (χ3n) is 6.90. The van der Waals surface area contributed by atoms with Crippen LogP contribution in [0.2, 0.25) is 0 Å². The van der Waals surface area contributed by atoms with Gasteiger partial charge in [-0.1, -0.05) is 48.5 Å². The van der Waals surface area contributed by atoms with E-state index in [1.165, 1.54) is 0 Å². The van der Waals surface area contributed by atoms with Crippen LogP contribution in [0, 0.1) is 5.41 Å². The summed E-state index contributed by atoms with van der Waals surface area (Å²) in [5.74, 6) is -1.36. The molecule has 5 rings (SSSR count). The van der Waals surface area contributed by atoms with Crippen molar-refractivity contribution >= 4 is 18.0 Å². The zero-order chi connectivity index (χ0) is 23.0. The van der Waals surface area contributed by atoms with Crippen LogP contribution in [0.3, 0.4) is 0 Å². The van der Waals surface area contributed by atoms with Crippen LogP contribution in [0.25, 0.3) is 11.1 Å². The summed E-state index contributed by atoms with van der Waals surface area (Å²) in [7, 11) is 0. The van der Waals surface area contributed by atoms with Crippen molar-refractivity contribution in [3.63, 3.8) is 0 Å². The molecule has 2 amide bonds. The van der Waals surface area contributed by atoms with E-state index in [-0.39, 0.29) is 25.0 Å². The Kier molecular flexibility index (Phi) is 5.54. The first-order chi connectivity index (χ1) is 16.0. The minimum absolute atomic E-state index is 0.0309. The van der Waals surface area contributed by atoms with E-state index in [2.05, 4.69) is 34.9 Å². The summed E-state index contributed by atoms with van der Waals surface area (Å²) in [6.45, 7) is 0.659. The van der Waals surface area contributed by atoms with Crippen molar-refractivity contribution in [2.45, 2.75) is 37.3 Å². The molecule has 3 N–H and O–H groups in total. The molecule has 2 aromatic carbocycles. The standard InChI is InChI=1S/C25H26N2O6/c28-22(29)21-20(9-12-32-21)27-23(30)25(10-11-25)14-26-24(31)33-13-19-17-7-3-1-5-15(17)16-6-2-4-8-18(16)19/h1-8,19-21H,9-14H2,(H,26,31)(H,27,30)(H,28,29)/t20-,21+/m0/s1. The van der Waals surface area contributed by atoms with E-state index in [0.29, 0.717) is 25.9 Å². The lowest BCUT2D eigenvalue weighted by atomic mass is 9.98. The Labute approximate surface area is 191 Å². The number of hydrogen-bond acceptors (Lipinski definition) is 5. The van der Waals surface area contributed by atoms with E-state index < -0.39 is 29.6 Å². The highest BCUT2D eigenvalue weighted by molar-refractivity contribution is 5.87. The van der Waals surface area contributed by atoms with Crippen molar-refractivity contribution in [3.05, 3.63) is 59.7 Å². The van der Waals surface area contributed by atoms with Gasteiger partial charge in [-0.2, -0.15) is 0 Å². The fraction of sp³-hybridized carbons (Fsp3) is 0.400. The van der Waals surface area contributed by atoms with Gasteiger partial charge >= 0.3 is 12.1 Å². The molecular formula is C25H26N2O6. The van der Waals surface area contributed by atoms with Crippen LogP contribution >= 0.6 is 0 Å². The number of nitrogens with one attached hydrogen (secondary N) is 2. The molecule has 1 heterocycles.